The van der Waals surface area contributed by atoms with Crippen LogP contribution < -0.4 is 5.32 Å². The summed E-state index contributed by atoms with van der Waals surface area (Å²) in [6, 6.07) is 6.41. The molecular formula is C16H17F3N8O. The van der Waals surface area contributed by atoms with E-state index < -0.39 is 18.8 Å². The monoisotopic (exact) mass is 394 g/mol. The number of carbonyl (C=O) groups is 1. The summed E-state index contributed by atoms with van der Waals surface area (Å²) in [5, 5.41) is 13.9. The van der Waals surface area contributed by atoms with Crippen molar-refractivity contribution in [2.75, 3.05) is 12.4 Å². The first-order chi connectivity index (χ1) is 13.2. The zero-order chi connectivity index (χ0) is 20.3. The van der Waals surface area contributed by atoms with Crippen molar-refractivity contribution in [1.29, 1.82) is 0 Å². The molecule has 12 heteroatoms. The Balaban J connectivity index is 1.67. The maximum atomic E-state index is 12.6. The summed E-state index contributed by atoms with van der Waals surface area (Å²) in [5.41, 5.74) is 1.20. The number of halogens is 3. The molecule has 0 saturated carbocycles. The van der Waals surface area contributed by atoms with Gasteiger partial charge in [0, 0.05) is 37.7 Å². The number of amides is 2. The molecule has 0 fully saturated rings. The van der Waals surface area contributed by atoms with Crippen molar-refractivity contribution in [3.63, 3.8) is 0 Å². The molecule has 0 aliphatic carbocycles. The summed E-state index contributed by atoms with van der Waals surface area (Å²) in [4.78, 5) is 17.6. The molecule has 9 nitrogen and oxygen atoms in total. The molecule has 2 heterocycles. The summed E-state index contributed by atoms with van der Waals surface area (Å²) in [7, 11) is 3.16. The number of carbonyl (C=O) groups excluding carboxylic acids is 1. The van der Waals surface area contributed by atoms with E-state index in [-0.39, 0.29) is 12.4 Å². The van der Waals surface area contributed by atoms with Crippen LogP contribution in [0.25, 0.3) is 11.4 Å². The molecular weight excluding hydrogens is 377 g/mol. The van der Waals surface area contributed by atoms with Gasteiger partial charge >= 0.3 is 12.2 Å². The largest absolute Gasteiger partial charge is 0.406 e. The number of rotatable bonds is 5. The molecule has 0 aliphatic heterocycles. The molecule has 1 aromatic carbocycles. The minimum atomic E-state index is -4.37. The lowest BCUT2D eigenvalue weighted by Gasteiger charge is -2.19. The fraction of sp³-hybridized carbons (Fsp3) is 0.312. The van der Waals surface area contributed by atoms with E-state index in [1.165, 1.54) is 29.0 Å². The molecule has 0 bridgehead atoms. The maximum Gasteiger partial charge on any atom is 0.406 e. The molecule has 0 unspecified atom stereocenters. The van der Waals surface area contributed by atoms with E-state index in [1.54, 1.807) is 31.3 Å². The Bertz CT molecular complexity index is 965. The molecule has 0 aliphatic rings. The Morgan fingerprint density at radius 1 is 1.32 bits per heavy atom. The lowest BCUT2D eigenvalue weighted by atomic mass is 10.2. The van der Waals surface area contributed by atoms with Crippen LogP contribution in [0.5, 0.6) is 0 Å². The molecule has 3 rings (SSSR count). The second-order valence-corrected chi connectivity index (χ2v) is 6.08. The predicted octanol–water partition coefficient (Wildman–Crippen LogP) is 2.30. The summed E-state index contributed by atoms with van der Waals surface area (Å²) in [5.74, 6) is 0.660. The Kier molecular flexibility index (Phi) is 5.29. The van der Waals surface area contributed by atoms with Crippen LogP contribution in [-0.4, -0.2) is 53.9 Å². The summed E-state index contributed by atoms with van der Waals surface area (Å²) < 4.78 is 40.3. The molecule has 3 aromatic rings. The molecule has 0 saturated heterocycles. The fourth-order valence-electron chi connectivity index (χ4n) is 2.54. The van der Waals surface area contributed by atoms with Gasteiger partial charge in [0.05, 0.1) is 6.54 Å². The highest BCUT2D eigenvalue weighted by atomic mass is 19.4. The molecule has 2 amide bonds. The number of alkyl halides is 3. The van der Waals surface area contributed by atoms with Gasteiger partial charge in [0.15, 0.2) is 5.82 Å². The third kappa shape index (κ3) is 4.64. The first kappa shape index (κ1) is 19.3. The van der Waals surface area contributed by atoms with Gasteiger partial charge in [-0.2, -0.15) is 13.2 Å². The SMILES string of the molecule is CN(Cc1nccn1CC(F)(F)F)C(=O)Nc1cccc(-c2nnnn2C)c1. The van der Waals surface area contributed by atoms with Crippen LogP contribution in [0.2, 0.25) is 0 Å². The van der Waals surface area contributed by atoms with Crippen molar-refractivity contribution < 1.29 is 18.0 Å². The number of hydrogen-bond donors (Lipinski definition) is 1. The number of aromatic nitrogens is 6. The Labute approximate surface area is 157 Å². The second kappa shape index (κ2) is 7.66. The number of anilines is 1. The van der Waals surface area contributed by atoms with Gasteiger partial charge < -0.3 is 14.8 Å². The molecule has 28 heavy (non-hydrogen) atoms. The average Bonchev–Trinajstić information content (AvgIpc) is 3.22. The lowest BCUT2D eigenvalue weighted by molar-refractivity contribution is -0.141. The molecule has 0 spiro atoms. The van der Waals surface area contributed by atoms with Crippen molar-refractivity contribution in [2.24, 2.45) is 7.05 Å². The zero-order valence-corrected chi connectivity index (χ0v) is 15.1. The van der Waals surface area contributed by atoms with Gasteiger partial charge in [0.25, 0.3) is 0 Å². The van der Waals surface area contributed by atoms with E-state index in [4.69, 9.17) is 0 Å². The first-order valence-corrected chi connectivity index (χ1v) is 8.14. The lowest BCUT2D eigenvalue weighted by Crippen LogP contribution is -2.32. The summed E-state index contributed by atoms with van der Waals surface area (Å²) >= 11 is 0. The van der Waals surface area contributed by atoms with Crippen molar-refractivity contribution in [3.05, 3.63) is 42.5 Å². The molecule has 148 valence electrons. The van der Waals surface area contributed by atoms with Crippen LogP contribution in [0.4, 0.5) is 23.7 Å². The van der Waals surface area contributed by atoms with Crippen molar-refractivity contribution >= 4 is 11.7 Å². The van der Waals surface area contributed by atoms with Gasteiger partial charge in [-0.25, -0.2) is 14.5 Å². The normalized spacial score (nSPS) is 11.5. The van der Waals surface area contributed by atoms with Crippen LogP contribution in [0.15, 0.2) is 36.7 Å². The van der Waals surface area contributed by atoms with Crippen LogP contribution in [0, 0.1) is 0 Å². The number of hydrogen-bond acceptors (Lipinski definition) is 5. The molecule has 0 atom stereocenters. The average molecular weight is 394 g/mol. The highest BCUT2D eigenvalue weighted by Gasteiger charge is 2.29. The predicted molar refractivity (Wildman–Crippen MR) is 93.0 cm³/mol. The standard InChI is InChI=1S/C16H17F3N8O/c1-25(9-13-20-6-7-27(13)10-16(17,18)19)15(28)21-12-5-3-4-11(8-12)14-22-23-24-26(14)2/h3-8H,9-10H2,1-2H3,(H,21,28). The first-order valence-electron chi connectivity index (χ1n) is 8.14. The second-order valence-electron chi connectivity index (χ2n) is 6.08. The number of urea groups is 1. The number of aryl methyl sites for hydroxylation is 1. The number of benzene rings is 1. The van der Waals surface area contributed by atoms with Gasteiger partial charge in [-0.3, -0.25) is 0 Å². The van der Waals surface area contributed by atoms with E-state index in [0.29, 0.717) is 17.1 Å². The number of nitrogens with zero attached hydrogens (tertiary/aromatic N) is 7. The Morgan fingerprint density at radius 2 is 2.11 bits per heavy atom. The van der Waals surface area contributed by atoms with Gasteiger partial charge in [-0.15, -0.1) is 5.10 Å². The molecule has 1 N–H and O–H groups in total. The van der Waals surface area contributed by atoms with Crippen LogP contribution >= 0.6 is 0 Å². The van der Waals surface area contributed by atoms with Crippen molar-refractivity contribution in [3.8, 4) is 11.4 Å². The summed E-state index contributed by atoms with van der Waals surface area (Å²) in [6.45, 7) is -1.24. The van der Waals surface area contributed by atoms with E-state index in [1.807, 2.05) is 0 Å². The smallest absolute Gasteiger partial charge is 0.324 e. The fourth-order valence-corrected chi connectivity index (χ4v) is 2.54. The van der Waals surface area contributed by atoms with Crippen LogP contribution in [-0.2, 0) is 20.1 Å². The van der Waals surface area contributed by atoms with Gasteiger partial charge in [0.1, 0.15) is 12.4 Å². The van der Waals surface area contributed by atoms with Gasteiger partial charge in [0.2, 0.25) is 0 Å². The van der Waals surface area contributed by atoms with Crippen LogP contribution in [0.3, 0.4) is 0 Å². The van der Waals surface area contributed by atoms with E-state index >= 15 is 0 Å². The van der Waals surface area contributed by atoms with Crippen molar-refractivity contribution in [2.45, 2.75) is 19.3 Å². The Hall–Kier alpha value is -3.44. The van der Waals surface area contributed by atoms with E-state index in [0.717, 1.165) is 4.57 Å². The van der Waals surface area contributed by atoms with Crippen LogP contribution in [0.1, 0.15) is 5.82 Å². The topological polar surface area (TPSA) is 93.8 Å². The summed E-state index contributed by atoms with van der Waals surface area (Å²) in [6.07, 6.45) is -1.87. The number of tetrazole rings is 1. The highest BCUT2D eigenvalue weighted by Crippen LogP contribution is 2.21. The molecule has 2 aromatic heterocycles. The molecule has 0 radical (unpaired) electrons. The highest BCUT2D eigenvalue weighted by molar-refractivity contribution is 5.89. The third-order valence-electron chi connectivity index (χ3n) is 3.87. The van der Waals surface area contributed by atoms with Gasteiger partial charge in [-0.1, -0.05) is 12.1 Å². The maximum absolute atomic E-state index is 12.6. The minimum Gasteiger partial charge on any atom is -0.324 e. The van der Waals surface area contributed by atoms with Gasteiger partial charge in [-0.05, 0) is 22.6 Å². The number of nitrogens with one attached hydrogen (secondary N) is 1. The van der Waals surface area contributed by atoms with E-state index in [2.05, 4.69) is 25.8 Å². The quantitative estimate of drug-likeness (QED) is 0.717. The van der Waals surface area contributed by atoms with E-state index in [9.17, 15) is 18.0 Å². The number of imidazole rings is 1. The zero-order valence-electron chi connectivity index (χ0n) is 15.1. The van der Waals surface area contributed by atoms with Crippen molar-refractivity contribution in [1.82, 2.24) is 34.7 Å². The third-order valence-corrected chi connectivity index (χ3v) is 3.87. The minimum absolute atomic E-state index is 0.0815. The Morgan fingerprint density at radius 3 is 2.79 bits per heavy atom.